The molecule has 0 atom stereocenters. The Morgan fingerprint density at radius 3 is 2.59 bits per heavy atom. The highest BCUT2D eigenvalue weighted by Crippen LogP contribution is 2.45. The number of ether oxygens (including phenoxy) is 3. The van der Waals surface area contributed by atoms with Crippen molar-refractivity contribution in [3.63, 3.8) is 0 Å². The Bertz CT molecular complexity index is 1090. The average Bonchev–Trinajstić information content (AvgIpc) is 3.24. The van der Waals surface area contributed by atoms with Crippen LogP contribution >= 0.6 is 0 Å². The molecule has 0 bridgehead atoms. The summed E-state index contributed by atoms with van der Waals surface area (Å²) in [6.45, 7) is 1.98. The Kier molecular flexibility index (Phi) is 4.98. The molecule has 1 N–H and O–H groups in total. The highest BCUT2D eigenvalue weighted by atomic mass is 16.5. The van der Waals surface area contributed by atoms with Crippen LogP contribution in [0.3, 0.4) is 0 Å². The highest BCUT2D eigenvalue weighted by Gasteiger charge is 2.31. The molecule has 0 aliphatic heterocycles. The van der Waals surface area contributed by atoms with E-state index in [0.717, 1.165) is 33.6 Å². The second-order valence-electron chi connectivity index (χ2n) is 6.95. The highest BCUT2D eigenvalue weighted by molar-refractivity contribution is 5.91. The lowest BCUT2D eigenvalue weighted by Crippen LogP contribution is -2.19. The van der Waals surface area contributed by atoms with Crippen LogP contribution in [-0.4, -0.2) is 43.6 Å². The third-order valence-electron chi connectivity index (χ3n) is 5.00. The molecule has 0 unspecified atom stereocenters. The van der Waals surface area contributed by atoms with Gasteiger partial charge >= 0.3 is 0 Å². The number of anilines is 2. The Morgan fingerprint density at radius 2 is 1.90 bits per heavy atom. The maximum absolute atomic E-state index is 12.7. The van der Waals surface area contributed by atoms with Gasteiger partial charge in [-0.2, -0.15) is 4.68 Å². The zero-order valence-electron chi connectivity index (χ0n) is 16.9. The summed E-state index contributed by atoms with van der Waals surface area (Å²) >= 11 is 0. The van der Waals surface area contributed by atoms with Crippen molar-refractivity contribution in [2.45, 2.75) is 13.3 Å². The second-order valence-corrected chi connectivity index (χ2v) is 6.95. The van der Waals surface area contributed by atoms with Crippen molar-refractivity contribution in [2.75, 3.05) is 33.3 Å². The third kappa shape index (κ3) is 3.34. The molecule has 7 nitrogen and oxygen atoms in total. The molecule has 0 fully saturated rings. The van der Waals surface area contributed by atoms with Gasteiger partial charge in [0.25, 0.3) is 5.91 Å². The summed E-state index contributed by atoms with van der Waals surface area (Å²) < 4.78 is 17.4. The van der Waals surface area contributed by atoms with Crippen molar-refractivity contribution in [2.24, 2.45) is 0 Å². The summed E-state index contributed by atoms with van der Waals surface area (Å²) in [5, 5.41) is 7.94. The van der Waals surface area contributed by atoms with Crippen LogP contribution in [0, 0.1) is 6.92 Å². The summed E-state index contributed by atoms with van der Waals surface area (Å²) in [7, 11) is 4.70. The lowest BCUT2D eigenvalue weighted by molar-refractivity contribution is 0.0748. The Hall–Kier alpha value is -3.32. The smallest absolute Gasteiger partial charge is 0.273 e. The fourth-order valence-electron chi connectivity index (χ4n) is 3.70. The number of rotatable bonds is 6. The molecule has 29 heavy (non-hydrogen) atoms. The molecule has 3 aromatic rings. The van der Waals surface area contributed by atoms with Gasteiger partial charge in [0.05, 0.1) is 19.9 Å². The summed E-state index contributed by atoms with van der Waals surface area (Å²) in [5.74, 6) is 1.69. The lowest BCUT2D eigenvalue weighted by Gasteiger charge is -2.11. The van der Waals surface area contributed by atoms with Gasteiger partial charge in [-0.15, -0.1) is 5.10 Å². The fourth-order valence-corrected chi connectivity index (χ4v) is 3.70. The van der Waals surface area contributed by atoms with E-state index in [4.69, 9.17) is 14.2 Å². The first-order chi connectivity index (χ1) is 14.0. The number of benzene rings is 2. The maximum atomic E-state index is 12.7. The first kappa shape index (κ1) is 19.0. The van der Waals surface area contributed by atoms with Crippen LogP contribution in [0.15, 0.2) is 36.4 Å². The number of carbonyl (C=O) groups excluding carboxylic acids is 1. The molecular weight excluding hydrogens is 370 g/mol. The van der Waals surface area contributed by atoms with Gasteiger partial charge in [0.15, 0.2) is 17.3 Å². The predicted molar refractivity (Wildman–Crippen MR) is 111 cm³/mol. The van der Waals surface area contributed by atoms with E-state index in [-0.39, 0.29) is 12.5 Å². The largest absolute Gasteiger partial charge is 0.493 e. The number of aryl methyl sites for hydroxylation is 1. The van der Waals surface area contributed by atoms with E-state index in [2.05, 4.69) is 10.4 Å². The monoisotopic (exact) mass is 393 g/mol. The molecule has 1 aromatic heterocycles. The van der Waals surface area contributed by atoms with Crippen LogP contribution in [0.4, 0.5) is 11.5 Å². The van der Waals surface area contributed by atoms with Gasteiger partial charge < -0.3 is 19.5 Å². The molecule has 7 heteroatoms. The second kappa shape index (κ2) is 7.60. The number of aromatic nitrogens is 2. The van der Waals surface area contributed by atoms with Crippen molar-refractivity contribution in [3.8, 4) is 22.8 Å². The van der Waals surface area contributed by atoms with Gasteiger partial charge in [0.1, 0.15) is 6.61 Å². The molecule has 1 aliphatic carbocycles. The minimum Gasteiger partial charge on any atom is -0.493 e. The molecule has 0 spiro atoms. The molecule has 0 saturated heterocycles. The topological polar surface area (TPSA) is 74.6 Å². The maximum Gasteiger partial charge on any atom is 0.273 e. The van der Waals surface area contributed by atoms with E-state index in [0.29, 0.717) is 23.7 Å². The summed E-state index contributed by atoms with van der Waals surface area (Å²) in [6.07, 6.45) is 0.638. The summed E-state index contributed by atoms with van der Waals surface area (Å²) in [5.41, 5.74) is 5.75. The van der Waals surface area contributed by atoms with Crippen molar-refractivity contribution >= 4 is 17.4 Å². The Balaban J connectivity index is 1.84. The van der Waals surface area contributed by atoms with E-state index in [1.807, 2.05) is 43.3 Å². The Morgan fingerprint density at radius 1 is 1.14 bits per heavy atom. The molecule has 1 aliphatic rings. The molecule has 0 amide bonds. The van der Waals surface area contributed by atoms with Gasteiger partial charge in [-0.05, 0) is 42.3 Å². The van der Waals surface area contributed by atoms with Crippen LogP contribution in [0.2, 0.25) is 0 Å². The SMILES string of the molecule is COCC(=O)n1nc(Nc2cccc(C)c2)c2c1-c1cc(OC)c(OC)cc1C2. The molecule has 0 radical (unpaired) electrons. The molecule has 1 heterocycles. The zero-order valence-corrected chi connectivity index (χ0v) is 16.9. The zero-order chi connectivity index (χ0) is 20.5. The molecule has 4 rings (SSSR count). The third-order valence-corrected chi connectivity index (χ3v) is 5.00. The quantitative estimate of drug-likeness (QED) is 0.537. The van der Waals surface area contributed by atoms with E-state index in [9.17, 15) is 4.79 Å². The van der Waals surface area contributed by atoms with Crippen LogP contribution in [0.1, 0.15) is 21.5 Å². The molecule has 150 valence electrons. The van der Waals surface area contributed by atoms with E-state index in [1.54, 1.807) is 14.2 Å². The van der Waals surface area contributed by atoms with Crippen molar-refractivity contribution in [1.82, 2.24) is 9.78 Å². The normalized spacial score (nSPS) is 11.7. The van der Waals surface area contributed by atoms with Crippen molar-refractivity contribution in [3.05, 3.63) is 53.1 Å². The van der Waals surface area contributed by atoms with Gasteiger partial charge in [-0.25, -0.2) is 0 Å². The van der Waals surface area contributed by atoms with Crippen LogP contribution in [0.5, 0.6) is 11.5 Å². The summed E-state index contributed by atoms with van der Waals surface area (Å²) in [4.78, 5) is 12.7. The number of hydrogen-bond acceptors (Lipinski definition) is 6. The average molecular weight is 393 g/mol. The van der Waals surface area contributed by atoms with Gasteiger partial charge in [0, 0.05) is 30.3 Å². The first-order valence-electron chi connectivity index (χ1n) is 9.28. The number of nitrogens with one attached hydrogen (secondary N) is 1. The minimum atomic E-state index is -0.233. The minimum absolute atomic E-state index is 0.0549. The van der Waals surface area contributed by atoms with E-state index >= 15 is 0 Å². The number of nitrogens with zero attached hydrogens (tertiary/aromatic N) is 2. The van der Waals surface area contributed by atoms with Crippen molar-refractivity contribution in [1.29, 1.82) is 0 Å². The standard InChI is InChI=1S/C22H23N3O4/c1-13-6-5-7-15(8-13)23-22-17-9-14-10-18(28-3)19(29-4)11-16(14)21(17)25(24-22)20(26)12-27-2/h5-8,10-11H,9,12H2,1-4H3,(H,23,24). The van der Waals surface area contributed by atoms with E-state index in [1.165, 1.54) is 11.8 Å². The van der Waals surface area contributed by atoms with Crippen LogP contribution in [0.25, 0.3) is 11.3 Å². The van der Waals surface area contributed by atoms with Gasteiger partial charge in [-0.1, -0.05) is 12.1 Å². The fraction of sp³-hybridized carbons (Fsp3) is 0.273. The van der Waals surface area contributed by atoms with E-state index < -0.39 is 0 Å². The van der Waals surface area contributed by atoms with Gasteiger partial charge in [0.2, 0.25) is 0 Å². The molecular formula is C22H23N3O4. The van der Waals surface area contributed by atoms with Crippen molar-refractivity contribution < 1.29 is 19.0 Å². The number of hydrogen-bond donors (Lipinski definition) is 1. The molecule has 0 saturated carbocycles. The molecule has 2 aromatic carbocycles. The lowest BCUT2D eigenvalue weighted by atomic mass is 10.1. The predicted octanol–water partition coefficient (Wildman–Crippen LogP) is 3.81. The Labute approximate surface area is 169 Å². The van der Waals surface area contributed by atoms with Crippen LogP contribution < -0.4 is 14.8 Å². The van der Waals surface area contributed by atoms with Crippen LogP contribution in [-0.2, 0) is 11.2 Å². The van der Waals surface area contributed by atoms with Gasteiger partial charge in [-0.3, -0.25) is 4.79 Å². The number of carbonyl (C=O) groups is 1. The number of fused-ring (bicyclic) bond motifs is 3. The summed E-state index contributed by atoms with van der Waals surface area (Å²) in [6, 6.07) is 11.9. The first-order valence-corrected chi connectivity index (χ1v) is 9.28. The number of methoxy groups -OCH3 is 3.